The summed E-state index contributed by atoms with van der Waals surface area (Å²) in [7, 11) is 0. The lowest BCUT2D eigenvalue weighted by molar-refractivity contribution is -0.164. The number of hydrogen-bond donors (Lipinski definition) is 1. The number of anilines is 1. The van der Waals surface area contributed by atoms with Crippen LogP contribution in [-0.2, 0) is 47.7 Å². The molecule has 2 fully saturated rings. The highest BCUT2D eigenvalue weighted by Gasteiger charge is 2.49. The number of halogens is 2. The van der Waals surface area contributed by atoms with Crippen molar-refractivity contribution in [2.45, 2.75) is 135 Å². The van der Waals surface area contributed by atoms with Gasteiger partial charge in [0.05, 0.1) is 30.4 Å². The van der Waals surface area contributed by atoms with Gasteiger partial charge in [0.25, 0.3) is 0 Å². The van der Waals surface area contributed by atoms with Crippen molar-refractivity contribution < 1.29 is 66.3 Å². The number of ether oxygens (including phenoxy) is 5. The Hall–Kier alpha value is -6.22. The highest BCUT2D eigenvalue weighted by molar-refractivity contribution is 6.03. The Morgan fingerprint density at radius 3 is 2.22 bits per heavy atom. The lowest BCUT2D eigenvalue weighted by Gasteiger charge is -2.48. The maximum atomic E-state index is 13.9. The third-order valence-electron chi connectivity index (χ3n) is 13.8. The van der Waals surface area contributed by atoms with E-state index in [-0.39, 0.29) is 79.8 Å². The van der Waals surface area contributed by atoms with E-state index in [0.29, 0.717) is 43.4 Å². The molecule has 69 heavy (non-hydrogen) atoms. The van der Waals surface area contributed by atoms with Gasteiger partial charge < -0.3 is 33.7 Å². The highest BCUT2D eigenvalue weighted by atomic mass is 19.1. The molecule has 1 N–H and O–H groups in total. The fraction of sp³-hybridized carbons (Fsp3) is 0.481. The molecule has 2 saturated heterocycles. The molecule has 4 aliphatic rings. The van der Waals surface area contributed by atoms with Crippen molar-refractivity contribution in [2.24, 2.45) is 29.6 Å². The maximum absolute atomic E-state index is 13.9. The molecule has 3 aromatic carbocycles. The molecule has 0 bridgehead atoms. The van der Waals surface area contributed by atoms with Crippen LogP contribution in [-0.4, -0.2) is 65.3 Å². The van der Waals surface area contributed by atoms with E-state index in [1.165, 1.54) is 55.5 Å². The molecule has 0 aromatic heterocycles. The first-order valence-corrected chi connectivity index (χ1v) is 24.1. The molecule has 2 aliphatic carbocycles. The number of esters is 5. The number of benzene rings is 3. The standard InChI is InChI=1S/C54H61F2NO12/c1-5-31(2)54(64)69-47-30-43(27-36-10-9-32(3)44(51(36)47)24-23-42-28-40(59)29-50(62)67-42)68-49(61)8-6-7-48(60)66-41-21-13-35(14-22-41)52-45(53(63)57(52)39-19-17-38(56)18-20-39)25-26-46(65-33(4)58)34-11-15-37(55)16-12-34/h9-22,27,31-32,40,42-47,51-52,59H,5-8,23-26,28-30H2,1-4H3. The minimum atomic E-state index is -0.732. The molecule has 368 valence electrons. The van der Waals surface area contributed by atoms with E-state index in [2.05, 4.69) is 13.0 Å². The zero-order chi connectivity index (χ0) is 49.4. The number of fused-ring (bicyclic) bond motifs is 1. The number of aliphatic hydroxyl groups excluding tert-OH is 1. The number of nitrogens with zero attached hydrogens (tertiary/aromatic N) is 1. The molecule has 11 atom stereocenters. The molecular weight excluding hydrogens is 893 g/mol. The van der Waals surface area contributed by atoms with Gasteiger partial charge >= 0.3 is 29.8 Å². The molecule has 7 rings (SSSR count). The van der Waals surface area contributed by atoms with Crippen molar-refractivity contribution >= 4 is 41.4 Å². The van der Waals surface area contributed by atoms with Crippen molar-refractivity contribution in [2.75, 3.05) is 4.90 Å². The van der Waals surface area contributed by atoms with Gasteiger partial charge in [-0.25, -0.2) is 8.78 Å². The summed E-state index contributed by atoms with van der Waals surface area (Å²) in [6.45, 7) is 7.11. The molecule has 15 heteroatoms. The van der Waals surface area contributed by atoms with Gasteiger partial charge in [-0.1, -0.05) is 57.2 Å². The van der Waals surface area contributed by atoms with Crippen molar-refractivity contribution in [1.29, 1.82) is 0 Å². The lowest BCUT2D eigenvalue weighted by Crippen LogP contribution is -2.55. The van der Waals surface area contributed by atoms with Crippen LogP contribution in [0.4, 0.5) is 14.5 Å². The first-order valence-electron chi connectivity index (χ1n) is 24.1. The molecule has 3 aromatic rings. The van der Waals surface area contributed by atoms with Crippen LogP contribution in [0.1, 0.15) is 122 Å². The van der Waals surface area contributed by atoms with Crippen molar-refractivity contribution in [3.05, 3.63) is 119 Å². The number of aliphatic hydroxyl groups is 1. The van der Waals surface area contributed by atoms with E-state index >= 15 is 0 Å². The number of β-lactam (4-membered cyclic amide) rings is 1. The average molecular weight is 954 g/mol. The van der Waals surface area contributed by atoms with Crippen molar-refractivity contribution in [3.8, 4) is 5.75 Å². The van der Waals surface area contributed by atoms with Gasteiger partial charge in [0.2, 0.25) is 5.91 Å². The number of carbonyl (C=O) groups excluding carboxylic acids is 6. The first kappa shape index (κ1) is 50.7. The summed E-state index contributed by atoms with van der Waals surface area (Å²) >= 11 is 0. The monoisotopic (exact) mass is 953 g/mol. The van der Waals surface area contributed by atoms with E-state index in [4.69, 9.17) is 23.7 Å². The summed E-state index contributed by atoms with van der Waals surface area (Å²) in [4.78, 5) is 78.7. The second-order valence-electron chi connectivity index (χ2n) is 18.8. The fourth-order valence-electron chi connectivity index (χ4n) is 10.0. The van der Waals surface area contributed by atoms with Gasteiger partial charge in [0, 0.05) is 44.2 Å². The Morgan fingerprint density at radius 2 is 1.55 bits per heavy atom. The van der Waals surface area contributed by atoms with Crippen LogP contribution in [0.25, 0.3) is 0 Å². The molecule has 2 heterocycles. The molecular formula is C54H61F2NO12. The molecule has 0 radical (unpaired) electrons. The molecule has 11 unspecified atom stereocenters. The van der Waals surface area contributed by atoms with E-state index < -0.39 is 78.0 Å². The minimum absolute atomic E-state index is 0.00938. The van der Waals surface area contributed by atoms with Gasteiger partial charge in [0.1, 0.15) is 41.8 Å². The van der Waals surface area contributed by atoms with Crippen LogP contribution in [0.2, 0.25) is 0 Å². The zero-order valence-electron chi connectivity index (χ0n) is 39.4. The number of rotatable bonds is 19. The van der Waals surface area contributed by atoms with Crippen LogP contribution >= 0.6 is 0 Å². The lowest BCUT2D eigenvalue weighted by atomic mass is 9.66. The van der Waals surface area contributed by atoms with E-state index in [1.807, 2.05) is 26.0 Å². The zero-order valence-corrected chi connectivity index (χ0v) is 39.4. The molecule has 0 saturated carbocycles. The molecule has 1 amide bonds. The Morgan fingerprint density at radius 1 is 0.870 bits per heavy atom. The number of allylic oxidation sites excluding steroid dienone is 2. The third kappa shape index (κ3) is 12.9. The van der Waals surface area contributed by atoms with Gasteiger partial charge in [-0.3, -0.25) is 28.8 Å². The number of hydrogen-bond acceptors (Lipinski definition) is 12. The SMILES string of the molecule is CCC(C)C(=O)OC1CC(OC(=O)CCCC(=O)Oc2ccc(C3C(CCC(OC(C)=O)c4ccc(F)cc4)C(=O)N3c3ccc(F)cc3)cc2)C=C2C=CC(C)C(CCC3CC(O)CC(=O)O3)C21. The van der Waals surface area contributed by atoms with Crippen LogP contribution in [0.15, 0.2) is 96.6 Å². The summed E-state index contributed by atoms with van der Waals surface area (Å²) in [5, 5.41) is 10.2. The third-order valence-corrected chi connectivity index (χ3v) is 13.8. The maximum Gasteiger partial charge on any atom is 0.311 e. The summed E-state index contributed by atoms with van der Waals surface area (Å²) in [6, 6.07) is 17.4. The van der Waals surface area contributed by atoms with Crippen LogP contribution < -0.4 is 9.64 Å². The first-order chi connectivity index (χ1) is 33.1. The minimum Gasteiger partial charge on any atom is -0.462 e. The van der Waals surface area contributed by atoms with E-state index in [9.17, 15) is 42.7 Å². The quantitative estimate of drug-likeness (QED) is 0.0523. The highest BCUT2D eigenvalue weighted by Crippen LogP contribution is 2.48. The Balaban J connectivity index is 0.948. The second kappa shape index (κ2) is 22.9. The number of carbonyl (C=O) groups is 6. The fourth-order valence-corrected chi connectivity index (χ4v) is 10.0. The van der Waals surface area contributed by atoms with Gasteiger partial charge in [-0.2, -0.15) is 0 Å². The molecule has 0 spiro atoms. The summed E-state index contributed by atoms with van der Waals surface area (Å²) < 4.78 is 56.4. The Kier molecular flexibility index (Phi) is 16.8. The predicted octanol–water partition coefficient (Wildman–Crippen LogP) is 9.31. The Labute approximate surface area is 401 Å². The second-order valence-corrected chi connectivity index (χ2v) is 18.8. The summed E-state index contributed by atoms with van der Waals surface area (Å²) in [6.07, 6.45) is 5.94. The van der Waals surface area contributed by atoms with Crippen LogP contribution in [0.3, 0.4) is 0 Å². The average Bonchev–Trinajstić information content (AvgIpc) is 3.30. The van der Waals surface area contributed by atoms with Crippen LogP contribution in [0, 0.1) is 41.2 Å². The van der Waals surface area contributed by atoms with Crippen LogP contribution in [0.5, 0.6) is 5.75 Å². The van der Waals surface area contributed by atoms with Gasteiger partial charge in [-0.05, 0) is 122 Å². The largest absolute Gasteiger partial charge is 0.462 e. The van der Waals surface area contributed by atoms with Crippen molar-refractivity contribution in [3.63, 3.8) is 0 Å². The smallest absolute Gasteiger partial charge is 0.311 e. The Bertz CT molecular complexity index is 2380. The van der Waals surface area contributed by atoms with Gasteiger partial charge in [-0.15, -0.1) is 0 Å². The molecule has 13 nitrogen and oxygen atoms in total. The van der Waals surface area contributed by atoms with E-state index in [1.54, 1.807) is 29.2 Å². The number of cyclic esters (lactones) is 1. The summed E-state index contributed by atoms with van der Waals surface area (Å²) in [5.74, 6) is -4.07. The molecule has 2 aliphatic heterocycles. The summed E-state index contributed by atoms with van der Waals surface area (Å²) in [5.41, 5.74) is 2.71. The van der Waals surface area contributed by atoms with Crippen molar-refractivity contribution in [1.82, 2.24) is 0 Å². The predicted molar refractivity (Wildman–Crippen MR) is 248 cm³/mol. The van der Waals surface area contributed by atoms with E-state index in [0.717, 1.165) is 11.1 Å². The topological polar surface area (TPSA) is 172 Å². The number of amides is 1. The van der Waals surface area contributed by atoms with Gasteiger partial charge in [0.15, 0.2) is 0 Å². The normalized spacial score (nSPS) is 26.0.